The van der Waals surface area contributed by atoms with E-state index < -0.39 is 10.0 Å². The summed E-state index contributed by atoms with van der Waals surface area (Å²) >= 11 is 0. The Morgan fingerprint density at radius 3 is 2.77 bits per heavy atom. The van der Waals surface area contributed by atoms with Crippen molar-refractivity contribution in [2.45, 2.75) is 30.8 Å². The van der Waals surface area contributed by atoms with Crippen molar-refractivity contribution in [2.75, 3.05) is 20.9 Å². The monoisotopic (exact) mass is 445 g/mol. The van der Waals surface area contributed by atoms with E-state index in [1.54, 1.807) is 10.7 Å². The number of ether oxygens (including phenoxy) is 2. The third-order valence-electron chi connectivity index (χ3n) is 4.96. The molecule has 1 aliphatic heterocycles. The largest absolute Gasteiger partial charge is 0.454 e. The Morgan fingerprint density at radius 1 is 1.16 bits per heavy atom. The van der Waals surface area contributed by atoms with E-state index in [2.05, 4.69) is 15.6 Å². The van der Waals surface area contributed by atoms with Crippen molar-refractivity contribution in [1.29, 1.82) is 0 Å². The predicted octanol–water partition coefficient (Wildman–Crippen LogP) is 1.51. The number of fused-ring (bicyclic) bond motifs is 2. The zero-order valence-electron chi connectivity index (χ0n) is 17.2. The summed E-state index contributed by atoms with van der Waals surface area (Å²) in [6.07, 6.45) is 0.905. The van der Waals surface area contributed by atoms with E-state index in [9.17, 15) is 13.2 Å². The number of amides is 1. The van der Waals surface area contributed by atoms with E-state index in [4.69, 9.17) is 9.47 Å². The molecular weight excluding hydrogens is 422 g/mol. The van der Waals surface area contributed by atoms with Crippen molar-refractivity contribution in [3.8, 4) is 11.5 Å². The van der Waals surface area contributed by atoms with Crippen LogP contribution in [0.4, 0.5) is 0 Å². The lowest BCUT2D eigenvalue weighted by Gasteiger charge is -2.11. The Labute approximate surface area is 179 Å². The normalized spacial score (nSPS) is 13.1. The molecule has 4 rings (SSSR count). The molecule has 0 atom stereocenters. The molecule has 0 radical (unpaired) electrons. The number of sulfonamides is 1. The second-order valence-corrected chi connectivity index (χ2v) is 9.47. The van der Waals surface area contributed by atoms with Crippen LogP contribution in [0.3, 0.4) is 0 Å². The van der Waals surface area contributed by atoms with Crippen LogP contribution in [-0.2, 0) is 27.9 Å². The first-order chi connectivity index (χ1) is 14.8. The molecule has 11 heteroatoms. The summed E-state index contributed by atoms with van der Waals surface area (Å²) in [7, 11) is -0.571. The highest BCUT2D eigenvalue weighted by molar-refractivity contribution is 7.89. The van der Waals surface area contributed by atoms with Gasteiger partial charge in [-0.25, -0.2) is 17.4 Å². The number of rotatable bonds is 8. The first-order valence-electron chi connectivity index (χ1n) is 9.75. The number of aromatic nitrogens is 3. The molecule has 0 aliphatic carbocycles. The first kappa shape index (κ1) is 21.1. The average molecular weight is 446 g/mol. The number of aryl methyl sites for hydroxylation is 1. The van der Waals surface area contributed by atoms with Crippen LogP contribution < -0.4 is 14.8 Å². The van der Waals surface area contributed by atoms with Gasteiger partial charge in [0.2, 0.25) is 22.7 Å². The summed E-state index contributed by atoms with van der Waals surface area (Å²) in [5.74, 6) is 1.33. The Kier molecular flexibility index (Phi) is 5.79. The maximum Gasteiger partial charge on any atom is 0.242 e. The number of benzene rings is 2. The van der Waals surface area contributed by atoms with Gasteiger partial charge in [0.05, 0.1) is 10.4 Å². The highest BCUT2D eigenvalue weighted by Gasteiger charge is 2.19. The van der Waals surface area contributed by atoms with Gasteiger partial charge in [-0.15, -0.1) is 5.10 Å². The Hall–Kier alpha value is -3.18. The molecule has 0 saturated heterocycles. The SMILES string of the molecule is CN(C)S(=O)(=O)c1ccc2c(c1)nnn2CCCC(=O)NCc1ccc2c(c1)OCO2. The summed E-state index contributed by atoms with van der Waals surface area (Å²) < 4.78 is 38.0. The summed E-state index contributed by atoms with van der Waals surface area (Å²) in [6, 6.07) is 10.3. The van der Waals surface area contributed by atoms with Gasteiger partial charge in [0.1, 0.15) is 5.52 Å². The van der Waals surface area contributed by atoms with E-state index in [0.29, 0.717) is 42.9 Å². The van der Waals surface area contributed by atoms with Crippen LogP contribution in [0.2, 0.25) is 0 Å². The number of hydrogen-bond donors (Lipinski definition) is 1. The average Bonchev–Trinajstić information content (AvgIpc) is 3.38. The fourth-order valence-corrected chi connectivity index (χ4v) is 4.14. The van der Waals surface area contributed by atoms with Gasteiger partial charge in [-0.1, -0.05) is 11.3 Å². The molecule has 0 fully saturated rings. The van der Waals surface area contributed by atoms with Gasteiger partial charge in [-0.3, -0.25) is 4.79 Å². The third kappa shape index (κ3) is 4.47. The molecule has 0 spiro atoms. The van der Waals surface area contributed by atoms with E-state index in [1.807, 2.05) is 18.2 Å². The number of carbonyl (C=O) groups excluding carboxylic acids is 1. The van der Waals surface area contributed by atoms with Crippen LogP contribution in [0, 0.1) is 0 Å². The Balaban J connectivity index is 1.30. The molecule has 10 nitrogen and oxygen atoms in total. The molecule has 0 saturated carbocycles. The van der Waals surface area contributed by atoms with E-state index >= 15 is 0 Å². The Morgan fingerprint density at radius 2 is 1.97 bits per heavy atom. The molecule has 1 N–H and O–H groups in total. The van der Waals surface area contributed by atoms with Crippen LogP contribution in [0.25, 0.3) is 11.0 Å². The number of nitrogens with zero attached hydrogens (tertiary/aromatic N) is 4. The highest BCUT2D eigenvalue weighted by Crippen LogP contribution is 2.32. The van der Waals surface area contributed by atoms with Gasteiger partial charge in [0.25, 0.3) is 0 Å². The maximum absolute atomic E-state index is 12.3. The topological polar surface area (TPSA) is 116 Å². The number of carbonyl (C=O) groups is 1. The molecule has 2 heterocycles. The highest BCUT2D eigenvalue weighted by atomic mass is 32.2. The molecule has 1 amide bonds. The van der Waals surface area contributed by atoms with Crippen molar-refractivity contribution in [2.24, 2.45) is 0 Å². The minimum atomic E-state index is -3.53. The second kappa shape index (κ2) is 8.52. The lowest BCUT2D eigenvalue weighted by atomic mass is 10.2. The smallest absolute Gasteiger partial charge is 0.242 e. The zero-order valence-corrected chi connectivity index (χ0v) is 18.1. The van der Waals surface area contributed by atoms with E-state index in [0.717, 1.165) is 15.4 Å². The Bertz CT molecular complexity index is 1220. The van der Waals surface area contributed by atoms with Crippen LogP contribution in [0.1, 0.15) is 18.4 Å². The van der Waals surface area contributed by atoms with Crippen LogP contribution in [0.5, 0.6) is 11.5 Å². The molecule has 0 unspecified atom stereocenters. The lowest BCUT2D eigenvalue weighted by Crippen LogP contribution is -2.22. The minimum absolute atomic E-state index is 0.0681. The van der Waals surface area contributed by atoms with Gasteiger partial charge in [-0.05, 0) is 42.3 Å². The molecule has 1 aromatic heterocycles. The van der Waals surface area contributed by atoms with Crippen LogP contribution in [-0.4, -0.2) is 54.5 Å². The fraction of sp³-hybridized carbons (Fsp3) is 0.350. The van der Waals surface area contributed by atoms with Crippen molar-refractivity contribution < 1.29 is 22.7 Å². The van der Waals surface area contributed by atoms with Crippen LogP contribution >= 0.6 is 0 Å². The molecule has 164 valence electrons. The summed E-state index contributed by atoms with van der Waals surface area (Å²) in [5, 5.41) is 11.0. The van der Waals surface area contributed by atoms with E-state index in [1.165, 1.54) is 26.2 Å². The summed E-state index contributed by atoms with van der Waals surface area (Å²) in [5.41, 5.74) is 2.15. The maximum atomic E-state index is 12.3. The van der Waals surface area contributed by atoms with Crippen molar-refractivity contribution in [3.63, 3.8) is 0 Å². The second-order valence-electron chi connectivity index (χ2n) is 7.32. The summed E-state index contributed by atoms with van der Waals surface area (Å²) in [6.45, 7) is 1.12. The van der Waals surface area contributed by atoms with Gasteiger partial charge in [0, 0.05) is 33.6 Å². The number of nitrogens with one attached hydrogen (secondary N) is 1. The molecular formula is C20H23N5O5S. The van der Waals surface area contributed by atoms with Gasteiger partial charge >= 0.3 is 0 Å². The van der Waals surface area contributed by atoms with Gasteiger partial charge < -0.3 is 14.8 Å². The fourth-order valence-electron chi connectivity index (χ4n) is 3.22. The standard InChI is InChI=1S/C20H23N5O5S/c1-24(2)31(27,28)15-6-7-17-16(11-15)22-23-25(17)9-3-4-20(26)21-12-14-5-8-18-19(10-14)30-13-29-18/h5-8,10-11H,3-4,9,12-13H2,1-2H3,(H,21,26). The third-order valence-corrected chi connectivity index (χ3v) is 6.78. The van der Waals surface area contributed by atoms with Crippen molar-refractivity contribution >= 4 is 27.0 Å². The molecule has 31 heavy (non-hydrogen) atoms. The molecule has 3 aromatic rings. The predicted molar refractivity (Wildman–Crippen MR) is 112 cm³/mol. The van der Waals surface area contributed by atoms with E-state index in [-0.39, 0.29) is 17.6 Å². The molecule has 0 bridgehead atoms. The quantitative estimate of drug-likeness (QED) is 0.559. The van der Waals surface area contributed by atoms with Gasteiger partial charge in [0.15, 0.2) is 11.5 Å². The zero-order chi connectivity index (χ0) is 22.0. The molecule has 1 aliphatic rings. The number of hydrogen-bond acceptors (Lipinski definition) is 7. The van der Waals surface area contributed by atoms with Crippen molar-refractivity contribution in [3.05, 3.63) is 42.0 Å². The van der Waals surface area contributed by atoms with Crippen LogP contribution in [0.15, 0.2) is 41.3 Å². The molecule has 2 aromatic carbocycles. The van der Waals surface area contributed by atoms with Gasteiger partial charge in [-0.2, -0.15) is 0 Å². The minimum Gasteiger partial charge on any atom is -0.454 e. The first-order valence-corrected chi connectivity index (χ1v) is 11.2. The lowest BCUT2D eigenvalue weighted by molar-refractivity contribution is -0.121. The summed E-state index contributed by atoms with van der Waals surface area (Å²) in [4.78, 5) is 12.3. The van der Waals surface area contributed by atoms with Crippen molar-refractivity contribution in [1.82, 2.24) is 24.6 Å².